The molecule has 1 aromatic carbocycles. The molecule has 2 aromatic rings. The summed E-state index contributed by atoms with van der Waals surface area (Å²) < 4.78 is 5.33. The summed E-state index contributed by atoms with van der Waals surface area (Å²) in [6.45, 7) is 3.05. The highest BCUT2D eigenvalue weighted by atomic mass is 35.5. The van der Waals surface area contributed by atoms with Crippen molar-refractivity contribution in [1.82, 2.24) is 4.90 Å². The van der Waals surface area contributed by atoms with E-state index in [2.05, 4.69) is 0 Å². The first-order valence-electron chi connectivity index (χ1n) is 8.76. The number of carboxylic acid groups (broad SMARTS) is 1. The Bertz CT molecular complexity index is 793. The Morgan fingerprint density at radius 2 is 1.96 bits per heavy atom. The van der Waals surface area contributed by atoms with Crippen molar-refractivity contribution in [1.29, 1.82) is 0 Å². The molecule has 0 spiro atoms. The molecule has 5 nitrogen and oxygen atoms in total. The van der Waals surface area contributed by atoms with Crippen molar-refractivity contribution in [2.75, 3.05) is 13.1 Å². The summed E-state index contributed by atoms with van der Waals surface area (Å²) >= 11 is 5.92. The van der Waals surface area contributed by atoms with Crippen molar-refractivity contribution in [3.8, 4) is 0 Å². The van der Waals surface area contributed by atoms with Gasteiger partial charge in [-0.3, -0.25) is 9.59 Å². The zero-order valence-electron chi connectivity index (χ0n) is 14.7. The van der Waals surface area contributed by atoms with Crippen LogP contribution in [0, 0.1) is 12.8 Å². The second-order valence-corrected chi connectivity index (χ2v) is 7.29. The Kier molecular flexibility index (Phi) is 5.67. The summed E-state index contributed by atoms with van der Waals surface area (Å²) in [4.78, 5) is 26.0. The molecular weight excluding hydrogens is 354 g/mol. The van der Waals surface area contributed by atoms with Crippen molar-refractivity contribution in [2.45, 2.75) is 32.6 Å². The Morgan fingerprint density at radius 1 is 1.27 bits per heavy atom. The lowest BCUT2D eigenvalue weighted by molar-refractivity contribution is -0.136. The molecule has 1 N–H and O–H groups in total. The average Bonchev–Trinajstić information content (AvgIpc) is 3.34. The number of nitrogens with zero attached hydrogens (tertiary/aromatic N) is 1. The standard InChI is InChI=1S/C20H22ClNO4/c1-13-12-26-17(10-18(23)24)19(13)20(25)22(11-15-2-3-15)9-8-14-4-6-16(21)7-5-14/h4-7,12,15H,2-3,8-11H2,1H3,(H,23,24). The van der Waals surface area contributed by atoms with Gasteiger partial charge in [0.25, 0.3) is 5.91 Å². The maximum atomic E-state index is 13.1. The number of furan rings is 1. The summed E-state index contributed by atoms with van der Waals surface area (Å²) in [5, 5.41) is 9.74. The molecule has 0 aliphatic heterocycles. The van der Waals surface area contributed by atoms with E-state index in [1.165, 1.54) is 6.26 Å². The molecule has 3 rings (SSSR count). The minimum absolute atomic E-state index is 0.145. The van der Waals surface area contributed by atoms with Gasteiger partial charge < -0.3 is 14.4 Å². The van der Waals surface area contributed by atoms with Crippen molar-refractivity contribution < 1.29 is 19.1 Å². The van der Waals surface area contributed by atoms with Gasteiger partial charge in [-0.05, 0) is 49.8 Å². The van der Waals surface area contributed by atoms with Gasteiger partial charge in [0.15, 0.2) is 0 Å². The fourth-order valence-electron chi connectivity index (χ4n) is 3.01. The monoisotopic (exact) mass is 375 g/mol. The van der Waals surface area contributed by atoms with Crippen LogP contribution in [0.2, 0.25) is 5.02 Å². The quantitative estimate of drug-likeness (QED) is 0.758. The van der Waals surface area contributed by atoms with Gasteiger partial charge in [-0.25, -0.2) is 0 Å². The zero-order chi connectivity index (χ0) is 18.7. The molecule has 0 atom stereocenters. The van der Waals surface area contributed by atoms with Crippen LogP contribution in [0.5, 0.6) is 0 Å². The van der Waals surface area contributed by atoms with E-state index in [1.807, 2.05) is 29.2 Å². The van der Waals surface area contributed by atoms with Gasteiger partial charge in [0.05, 0.1) is 11.8 Å². The second-order valence-electron chi connectivity index (χ2n) is 6.86. The van der Waals surface area contributed by atoms with E-state index in [9.17, 15) is 9.59 Å². The van der Waals surface area contributed by atoms with Gasteiger partial charge >= 0.3 is 5.97 Å². The molecule has 0 saturated heterocycles. The first-order chi connectivity index (χ1) is 12.4. The fourth-order valence-corrected chi connectivity index (χ4v) is 3.14. The highest BCUT2D eigenvalue weighted by Gasteiger charge is 2.30. The number of hydrogen-bond acceptors (Lipinski definition) is 3. The van der Waals surface area contributed by atoms with Crippen LogP contribution in [0.4, 0.5) is 0 Å². The molecule has 1 aliphatic carbocycles. The van der Waals surface area contributed by atoms with Crippen LogP contribution in [0.3, 0.4) is 0 Å². The topological polar surface area (TPSA) is 70.7 Å². The molecular formula is C20H22ClNO4. The third-order valence-electron chi connectivity index (χ3n) is 4.62. The third kappa shape index (κ3) is 4.67. The van der Waals surface area contributed by atoms with Crippen molar-refractivity contribution in [3.05, 3.63) is 58.0 Å². The number of rotatable bonds is 8. The first kappa shape index (κ1) is 18.5. The number of aryl methyl sites for hydroxylation is 1. The predicted octanol–water partition coefficient (Wildman–Crippen LogP) is 3.96. The lowest BCUT2D eigenvalue weighted by Crippen LogP contribution is -2.35. The molecule has 6 heteroatoms. The number of carbonyl (C=O) groups is 2. The fraction of sp³-hybridized carbons (Fsp3) is 0.400. The molecule has 1 heterocycles. The molecule has 0 radical (unpaired) electrons. The molecule has 138 valence electrons. The van der Waals surface area contributed by atoms with E-state index in [0.717, 1.165) is 24.8 Å². The minimum atomic E-state index is -1.01. The predicted molar refractivity (Wildman–Crippen MR) is 98.6 cm³/mol. The molecule has 1 aliphatic rings. The van der Waals surface area contributed by atoms with Gasteiger partial charge in [-0.15, -0.1) is 0 Å². The van der Waals surface area contributed by atoms with Crippen LogP contribution in [-0.2, 0) is 17.6 Å². The second kappa shape index (κ2) is 7.96. The normalized spacial score (nSPS) is 13.6. The van der Waals surface area contributed by atoms with E-state index >= 15 is 0 Å². The molecule has 1 amide bonds. The smallest absolute Gasteiger partial charge is 0.311 e. The number of carbonyl (C=O) groups excluding carboxylic acids is 1. The lowest BCUT2D eigenvalue weighted by atomic mass is 10.1. The van der Waals surface area contributed by atoms with Gasteiger partial charge in [0, 0.05) is 23.7 Å². The van der Waals surface area contributed by atoms with Gasteiger partial charge in [0.2, 0.25) is 0 Å². The highest BCUT2D eigenvalue weighted by Crippen LogP contribution is 2.31. The maximum absolute atomic E-state index is 13.1. The number of aliphatic carboxylic acids is 1. The van der Waals surface area contributed by atoms with Crippen LogP contribution in [0.1, 0.15) is 40.1 Å². The summed E-state index contributed by atoms with van der Waals surface area (Å²) in [7, 11) is 0. The van der Waals surface area contributed by atoms with Crippen molar-refractivity contribution >= 4 is 23.5 Å². The minimum Gasteiger partial charge on any atom is -0.481 e. The third-order valence-corrected chi connectivity index (χ3v) is 4.88. The number of carboxylic acids is 1. The number of halogens is 1. The Labute approximate surface area is 157 Å². The van der Waals surface area contributed by atoms with Gasteiger partial charge in [-0.2, -0.15) is 0 Å². The number of hydrogen-bond donors (Lipinski definition) is 1. The number of benzene rings is 1. The van der Waals surface area contributed by atoms with E-state index < -0.39 is 5.97 Å². The summed E-state index contributed by atoms with van der Waals surface area (Å²) in [5.74, 6) is -0.386. The lowest BCUT2D eigenvalue weighted by Gasteiger charge is -2.23. The maximum Gasteiger partial charge on any atom is 0.311 e. The summed E-state index contributed by atoms with van der Waals surface area (Å²) in [6, 6.07) is 7.60. The Balaban J connectivity index is 1.76. The SMILES string of the molecule is Cc1coc(CC(=O)O)c1C(=O)N(CCc1ccc(Cl)cc1)CC1CC1. The van der Waals surface area contributed by atoms with Crippen LogP contribution >= 0.6 is 11.6 Å². The van der Waals surface area contributed by atoms with E-state index in [-0.39, 0.29) is 18.1 Å². The first-order valence-corrected chi connectivity index (χ1v) is 9.14. The van der Waals surface area contributed by atoms with E-state index in [4.69, 9.17) is 21.1 Å². The molecule has 26 heavy (non-hydrogen) atoms. The zero-order valence-corrected chi connectivity index (χ0v) is 15.5. The molecule has 1 saturated carbocycles. The largest absolute Gasteiger partial charge is 0.481 e. The van der Waals surface area contributed by atoms with E-state index in [0.29, 0.717) is 35.2 Å². The van der Waals surface area contributed by atoms with Gasteiger partial charge in [-0.1, -0.05) is 23.7 Å². The Hall–Kier alpha value is -2.27. The van der Waals surface area contributed by atoms with Crippen molar-refractivity contribution in [3.63, 3.8) is 0 Å². The number of amides is 1. The van der Waals surface area contributed by atoms with Crippen LogP contribution in [0.25, 0.3) is 0 Å². The Morgan fingerprint density at radius 3 is 2.58 bits per heavy atom. The van der Waals surface area contributed by atoms with Crippen molar-refractivity contribution in [2.24, 2.45) is 5.92 Å². The molecule has 1 aromatic heterocycles. The highest BCUT2D eigenvalue weighted by molar-refractivity contribution is 6.30. The van der Waals surface area contributed by atoms with Crippen LogP contribution < -0.4 is 0 Å². The molecule has 0 bridgehead atoms. The summed E-state index contributed by atoms with van der Waals surface area (Å²) in [5.41, 5.74) is 2.18. The molecule has 1 fully saturated rings. The van der Waals surface area contributed by atoms with E-state index in [1.54, 1.807) is 6.92 Å². The van der Waals surface area contributed by atoms with Gasteiger partial charge in [0.1, 0.15) is 12.2 Å². The molecule has 0 unspecified atom stereocenters. The van der Waals surface area contributed by atoms with Crippen LogP contribution in [0.15, 0.2) is 34.9 Å². The average molecular weight is 376 g/mol. The summed E-state index contributed by atoms with van der Waals surface area (Å²) in [6.07, 6.45) is 4.16. The van der Waals surface area contributed by atoms with Crippen LogP contribution in [-0.4, -0.2) is 35.0 Å².